The van der Waals surface area contributed by atoms with Crippen molar-refractivity contribution in [3.05, 3.63) is 0 Å². The summed E-state index contributed by atoms with van der Waals surface area (Å²) < 4.78 is 0. The van der Waals surface area contributed by atoms with Crippen LogP contribution in [0.1, 0.15) is 53.4 Å². The van der Waals surface area contributed by atoms with Crippen LogP contribution in [0, 0.1) is 11.3 Å². The van der Waals surface area contributed by atoms with Gasteiger partial charge in [-0.05, 0) is 25.7 Å². The number of hydrogen-bond acceptors (Lipinski definition) is 3. The molecule has 1 heterocycles. The minimum Gasteiger partial charge on any atom is -0.396 e. The van der Waals surface area contributed by atoms with E-state index in [-0.39, 0.29) is 35.8 Å². The van der Waals surface area contributed by atoms with Gasteiger partial charge in [-0.3, -0.25) is 9.59 Å². The molecule has 5 nitrogen and oxygen atoms in total. The molecule has 0 bridgehead atoms. The molecule has 0 aliphatic carbocycles. The van der Waals surface area contributed by atoms with Gasteiger partial charge in [-0.25, -0.2) is 0 Å². The molecule has 0 aromatic carbocycles. The number of nitrogens with zero attached hydrogens (tertiary/aromatic N) is 1. The van der Waals surface area contributed by atoms with Crippen LogP contribution in [0.5, 0.6) is 0 Å². The van der Waals surface area contributed by atoms with Gasteiger partial charge in [-0.1, -0.05) is 27.7 Å². The van der Waals surface area contributed by atoms with E-state index in [9.17, 15) is 9.59 Å². The van der Waals surface area contributed by atoms with Crippen molar-refractivity contribution in [3.63, 3.8) is 0 Å². The van der Waals surface area contributed by atoms with Gasteiger partial charge in [-0.2, -0.15) is 0 Å². The van der Waals surface area contributed by atoms with Crippen LogP contribution < -0.4 is 5.32 Å². The van der Waals surface area contributed by atoms with Crippen molar-refractivity contribution in [2.75, 3.05) is 19.7 Å². The third-order valence-corrected chi connectivity index (χ3v) is 4.11. The second-order valence-corrected chi connectivity index (χ2v) is 6.94. The highest BCUT2D eigenvalue weighted by molar-refractivity contribution is 5.82. The lowest BCUT2D eigenvalue weighted by atomic mass is 9.90. The number of carbonyl (C=O) groups excluding carboxylic acids is 2. The van der Waals surface area contributed by atoms with Crippen molar-refractivity contribution in [2.24, 2.45) is 11.3 Å². The molecule has 0 saturated carbocycles. The van der Waals surface area contributed by atoms with Gasteiger partial charge in [0.1, 0.15) is 0 Å². The van der Waals surface area contributed by atoms with Crippen molar-refractivity contribution < 1.29 is 14.7 Å². The summed E-state index contributed by atoms with van der Waals surface area (Å²) in [5.74, 6) is 0.216. The first-order valence-electron chi connectivity index (χ1n) is 8.00. The summed E-state index contributed by atoms with van der Waals surface area (Å²) in [5, 5.41) is 12.0. The summed E-state index contributed by atoms with van der Waals surface area (Å²) in [6.45, 7) is 9.19. The van der Waals surface area contributed by atoms with Crippen molar-refractivity contribution >= 4 is 11.8 Å². The Morgan fingerprint density at radius 3 is 2.29 bits per heavy atom. The number of amides is 2. The number of carbonyl (C=O) groups is 2. The molecule has 0 spiro atoms. The van der Waals surface area contributed by atoms with Gasteiger partial charge in [-0.15, -0.1) is 0 Å². The van der Waals surface area contributed by atoms with Gasteiger partial charge >= 0.3 is 0 Å². The molecule has 1 aliphatic rings. The Hall–Kier alpha value is -1.10. The van der Waals surface area contributed by atoms with E-state index in [0.29, 0.717) is 19.5 Å². The lowest BCUT2D eigenvalue weighted by Crippen LogP contribution is -2.48. The van der Waals surface area contributed by atoms with Crippen LogP contribution in [0.3, 0.4) is 0 Å². The first kappa shape index (κ1) is 18.0. The minimum atomic E-state index is -0.358. The molecule has 0 aromatic heterocycles. The number of piperidine rings is 1. The molecule has 1 fully saturated rings. The Morgan fingerprint density at radius 2 is 1.86 bits per heavy atom. The minimum absolute atomic E-state index is 0.0123. The topological polar surface area (TPSA) is 69.6 Å². The number of likely N-dealkylation sites (tertiary alicyclic amines) is 1. The predicted octanol–water partition coefficient (Wildman–Crippen LogP) is 1.55. The maximum Gasteiger partial charge on any atom is 0.227 e. The van der Waals surface area contributed by atoms with Gasteiger partial charge in [0, 0.05) is 37.1 Å². The Kier molecular flexibility index (Phi) is 6.65. The van der Waals surface area contributed by atoms with E-state index in [4.69, 9.17) is 5.11 Å². The fraction of sp³-hybridized carbons (Fsp3) is 0.875. The normalized spacial score (nSPS) is 18.4. The number of nitrogens with one attached hydrogen (secondary N) is 1. The average Bonchev–Trinajstić information content (AvgIpc) is 2.45. The van der Waals surface area contributed by atoms with Gasteiger partial charge < -0.3 is 15.3 Å². The van der Waals surface area contributed by atoms with Crippen molar-refractivity contribution in [2.45, 2.75) is 59.4 Å². The number of hydrogen-bond donors (Lipinski definition) is 2. The quantitative estimate of drug-likeness (QED) is 0.809. The fourth-order valence-corrected chi connectivity index (χ4v) is 2.67. The molecule has 1 saturated heterocycles. The van der Waals surface area contributed by atoms with Gasteiger partial charge in [0.2, 0.25) is 11.8 Å². The zero-order chi connectivity index (χ0) is 16.0. The van der Waals surface area contributed by atoms with Crippen molar-refractivity contribution in [1.82, 2.24) is 10.2 Å². The zero-order valence-corrected chi connectivity index (χ0v) is 13.8. The van der Waals surface area contributed by atoms with Crippen LogP contribution >= 0.6 is 0 Å². The molecule has 122 valence electrons. The van der Waals surface area contributed by atoms with E-state index in [0.717, 1.165) is 19.3 Å². The summed E-state index contributed by atoms with van der Waals surface area (Å²) in [6, 6.07) is 0.0525. The van der Waals surface area contributed by atoms with Gasteiger partial charge in [0.15, 0.2) is 0 Å². The molecule has 21 heavy (non-hydrogen) atoms. The molecule has 1 aliphatic heterocycles. The number of aliphatic hydroxyl groups is 1. The van der Waals surface area contributed by atoms with E-state index in [2.05, 4.69) is 5.32 Å². The van der Waals surface area contributed by atoms with Gasteiger partial charge in [0.05, 0.1) is 0 Å². The maximum atomic E-state index is 12.2. The highest BCUT2D eigenvalue weighted by atomic mass is 16.3. The first-order chi connectivity index (χ1) is 9.79. The molecule has 0 aromatic rings. The number of rotatable bonds is 5. The highest BCUT2D eigenvalue weighted by Crippen LogP contribution is 2.23. The smallest absolute Gasteiger partial charge is 0.227 e. The third kappa shape index (κ3) is 5.30. The van der Waals surface area contributed by atoms with Crippen LogP contribution in [0.15, 0.2) is 0 Å². The lowest BCUT2D eigenvalue weighted by molar-refractivity contribution is -0.142. The van der Waals surface area contributed by atoms with Crippen LogP contribution in [0.4, 0.5) is 0 Å². The molecule has 2 amide bonds. The molecule has 1 unspecified atom stereocenters. The SMILES string of the molecule is CCC(CCO)NC(=O)C1CCN(C(=O)C(C)(C)C)CC1. The zero-order valence-electron chi connectivity index (χ0n) is 13.8. The molecular formula is C16H30N2O3. The van der Waals surface area contributed by atoms with E-state index in [1.165, 1.54) is 0 Å². The summed E-state index contributed by atoms with van der Waals surface area (Å²) >= 11 is 0. The highest BCUT2D eigenvalue weighted by Gasteiger charge is 2.32. The Balaban J connectivity index is 2.45. The van der Waals surface area contributed by atoms with Crippen LogP contribution in [0.25, 0.3) is 0 Å². The third-order valence-electron chi connectivity index (χ3n) is 4.11. The summed E-state index contributed by atoms with van der Waals surface area (Å²) in [5.41, 5.74) is -0.358. The Labute approximate surface area is 128 Å². The van der Waals surface area contributed by atoms with Crippen LogP contribution in [0.2, 0.25) is 0 Å². The monoisotopic (exact) mass is 298 g/mol. The largest absolute Gasteiger partial charge is 0.396 e. The van der Waals surface area contributed by atoms with E-state index >= 15 is 0 Å². The molecule has 0 radical (unpaired) electrons. The second kappa shape index (κ2) is 7.78. The molecule has 1 rings (SSSR count). The van der Waals surface area contributed by atoms with Gasteiger partial charge in [0.25, 0.3) is 0 Å². The summed E-state index contributed by atoms with van der Waals surface area (Å²) in [6.07, 6.45) is 2.88. The van der Waals surface area contributed by atoms with Crippen LogP contribution in [-0.2, 0) is 9.59 Å². The van der Waals surface area contributed by atoms with E-state index in [1.54, 1.807) is 0 Å². The lowest BCUT2D eigenvalue weighted by Gasteiger charge is -2.35. The molecule has 5 heteroatoms. The van der Waals surface area contributed by atoms with E-state index in [1.807, 2.05) is 32.6 Å². The number of aliphatic hydroxyl groups excluding tert-OH is 1. The second-order valence-electron chi connectivity index (χ2n) is 6.94. The van der Waals surface area contributed by atoms with E-state index < -0.39 is 0 Å². The van der Waals surface area contributed by atoms with Crippen molar-refractivity contribution in [1.29, 1.82) is 0 Å². The predicted molar refractivity (Wildman–Crippen MR) is 82.7 cm³/mol. The Morgan fingerprint density at radius 1 is 1.29 bits per heavy atom. The molecular weight excluding hydrogens is 268 g/mol. The average molecular weight is 298 g/mol. The Bertz CT molecular complexity index is 355. The molecule has 1 atom stereocenters. The standard InChI is InChI=1S/C16H30N2O3/c1-5-13(8-11-19)17-14(20)12-6-9-18(10-7-12)15(21)16(2,3)4/h12-13,19H,5-11H2,1-4H3,(H,17,20). The fourth-order valence-electron chi connectivity index (χ4n) is 2.67. The van der Waals surface area contributed by atoms with Crippen molar-refractivity contribution in [3.8, 4) is 0 Å². The molecule has 2 N–H and O–H groups in total. The summed E-state index contributed by atoms with van der Waals surface area (Å²) in [4.78, 5) is 26.3. The first-order valence-corrected chi connectivity index (χ1v) is 8.00. The maximum absolute atomic E-state index is 12.2. The summed E-state index contributed by atoms with van der Waals surface area (Å²) in [7, 11) is 0. The van der Waals surface area contributed by atoms with Crippen LogP contribution in [-0.4, -0.2) is 47.6 Å².